The Morgan fingerprint density at radius 1 is 0.591 bits per heavy atom. The molecule has 0 radical (unpaired) electrons. The van der Waals surface area contributed by atoms with Gasteiger partial charge in [0.1, 0.15) is 0 Å². The maximum Gasteiger partial charge on any atom is 0.0841 e. The zero-order chi connectivity index (χ0) is 30.5. The monoisotopic (exact) mass is 615 g/mol. The van der Waals surface area contributed by atoms with E-state index in [1.54, 1.807) is 0 Å². The van der Waals surface area contributed by atoms with E-state index in [0.717, 1.165) is 6.54 Å². The van der Waals surface area contributed by atoms with Crippen LogP contribution in [0.1, 0.15) is 38.0 Å². The van der Waals surface area contributed by atoms with Gasteiger partial charge in [-0.25, -0.2) is 14.5 Å². The predicted molar refractivity (Wildman–Crippen MR) is 193 cm³/mol. The van der Waals surface area contributed by atoms with E-state index in [4.69, 9.17) is 0 Å². The summed E-state index contributed by atoms with van der Waals surface area (Å²) in [5.74, 6) is 0.759. The van der Waals surface area contributed by atoms with Gasteiger partial charge in [-0.2, -0.15) is 0 Å². The second kappa shape index (κ2) is 14.3. The van der Waals surface area contributed by atoms with Gasteiger partial charge in [-0.1, -0.05) is 153 Å². The number of unbranched alkanes of at least 4 members (excludes halogenated alkanes) is 1. The SMILES string of the molecule is CCCCN(P(c1ccc(-c2ccccc2)cc1)c1ccc(-c2ccccc2)cc1)P1[C@H](C)N(C)N(C)[C@H]1c1ccccc1. The van der Waals surface area contributed by atoms with E-state index >= 15 is 0 Å². The molecule has 0 amide bonds. The van der Waals surface area contributed by atoms with E-state index in [0.29, 0.717) is 11.6 Å². The molecule has 1 aliphatic heterocycles. The summed E-state index contributed by atoms with van der Waals surface area (Å²) in [5.41, 5.74) is 6.47. The Morgan fingerprint density at radius 2 is 1.02 bits per heavy atom. The molecule has 0 bridgehead atoms. The van der Waals surface area contributed by atoms with Gasteiger partial charge in [-0.05, 0) is 51.8 Å². The van der Waals surface area contributed by atoms with E-state index in [1.807, 2.05) is 0 Å². The summed E-state index contributed by atoms with van der Waals surface area (Å²) in [6.07, 6.45) is 2.36. The fraction of sp³-hybridized carbons (Fsp3) is 0.231. The maximum atomic E-state index is 2.95. The Morgan fingerprint density at radius 3 is 1.48 bits per heavy atom. The van der Waals surface area contributed by atoms with Crippen LogP contribution >= 0.6 is 16.1 Å². The highest BCUT2D eigenvalue weighted by Gasteiger charge is 2.47. The molecule has 224 valence electrons. The minimum Gasteiger partial charge on any atom is -0.249 e. The number of rotatable bonds is 10. The first kappa shape index (κ1) is 30.8. The van der Waals surface area contributed by atoms with Crippen molar-refractivity contribution >= 4 is 26.8 Å². The first-order valence-electron chi connectivity index (χ1n) is 15.7. The van der Waals surface area contributed by atoms with Crippen molar-refractivity contribution in [3.8, 4) is 22.3 Å². The lowest BCUT2D eigenvalue weighted by Gasteiger charge is -2.41. The van der Waals surface area contributed by atoms with Crippen LogP contribution in [0.3, 0.4) is 0 Å². The second-order valence-corrected chi connectivity index (χ2v) is 16.5. The summed E-state index contributed by atoms with van der Waals surface area (Å²) in [7, 11) is 3.20. The molecule has 3 atom stereocenters. The molecule has 6 rings (SSSR count). The minimum absolute atomic E-state index is 0.334. The molecule has 5 heteroatoms. The van der Waals surface area contributed by atoms with Gasteiger partial charge in [0.2, 0.25) is 0 Å². The molecule has 1 heterocycles. The van der Waals surface area contributed by atoms with Crippen molar-refractivity contribution in [1.82, 2.24) is 14.5 Å². The molecule has 0 spiro atoms. The van der Waals surface area contributed by atoms with Crippen molar-refractivity contribution in [1.29, 1.82) is 0 Å². The van der Waals surface area contributed by atoms with Crippen LogP contribution in [0.2, 0.25) is 0 Å². The molecular weight excluding hydrogens is 572 g/mol. The summed E-state index contributed by atoms with van der Waals surface area (Å²) >= 11 is 0. The summed E-state index contributed by atoms with van der Waals surface area (Å²) in [4.78, 5) is 0. The Bertz CT molecular complexity index is 1510. The molecule has 0 N–H and O–H groups in total. The average Bonchev–Trinajstić information content (AvgIpc) is 3.31. The third kappa shape index (κ3) is 6.45. The molecule has 1 aliphatic rings. The lowest BCUT2D eigenvalue weighted by molar-refractivity contribution is 0.0304. The second-order valence-electron chi connectivity index (χ2n) is 11.5. The van der Waals surface area contributed by atoms with Crippen LogP contribution in [-0.4, -0.2) is 40.9 Å². The van der Waals surface area contributed by atoms with E-state index < -0.39 is 16.1 Å². The predicted octanol–water partition coefficient (Wildman–Crippen LogP) is 9.70. The zero-order valence-corrected chi connectivity index (χ0v) is 28.1. The van der Waals surface area contributed by atoms with Crippen LogP contribution in [0, 0.1) is 0 Å². The van der Waals surface area contributed by atoms with Gasteiger partial charge in [-0.3, -0.25) is 0 Å². The summed E-state index contributed by atoms with van der Waals surface area (Å²) in [6, 6.07) is 51.6. The molecule has 44 heavy (non-hydrogen) atoms. The van der Waals surface area contributed by atoms with Gasteiger partial charge in [-0.15, -0.1) is 0 Å². The van der Waals surface area contributed by atoms with Gasteiger partial charge in [0.05, 0.1) is 11.6 Å². The van der Waals surface area contributed by atoms with Crippen molar-refractivity contribution in [3.63, 3.8) is 0 Å². The Balaban J connectivity index is 1.47. The van der Waals surface area contributed by atoms with Crippen molar-refractivity contribution < 1.29 is 0 Å². The number of hydrogen-bond donors (Lipinski definition) is 0. The lowest BCUT2D eigenvalue weighted by Crippen LogP contribution is -2.34. The summed E-state index contributed by atoms with van der Waals surface area (Å²) in [5, 5.41) is 7.81. The average molecular weight is 616 g/mol. The third-order valence-corrected chi connectivity index (χ3v) is 15.1. The Hall–Kier alpha value is -3.16. The lowest BCUT2D eigenvalue weighted by atomic mass is 10.1. The van der Waals surface area contributed by atoms with Crippen molar-refractivity contribution in [2.24, 2.45) is 0 Å². The first-order chi connectivity index (χ1) is 21.6. The number of nitrogens with zero attached hydrogens (tertiary/aromatic N) is 3. The van der Waals surface area contributed by atoms with Gasteiger partial charge in [0, 0.05) is 36.8 Å². The molecule has 3 nitrogen and oxygen atoms in total. The Labute approximate surface area is 266 Å². The number of hydrazine groups is 1. The van der Waals surface area contributed by atoms with E-state index in [-0.39, 0.29) is 0 Å². The van der Waals surface area contributed by atoms with Crippen molar-refractivity contribution in [2.75, 3.05) is 20.6 Å². The molecule has 0 aromatic heterocycles. The van der Waals surface area contributed by atoms with Crippen LogP contribution in [0.15, 0.2) is 140 Å². The van der Waals surface area contributed by atoms with Crippen molar-refractivity contribution in [3.05, 3.63) is 145 Å². The number of hydrogen-bond acceptors (Lipinski definition) is 3. The molecular formula is C39H43N3P2. The normalized spacial score (nSPS) is 19.2. The molecule has 1 saturated heterocycles. The maximum absolute atomic E-state index is 2.95. The van der Waals surface area contributed by atoms with Crippen LogP contribution in [0.25, 0.3) is 22.3 Å². The summed E-state index contributed by atoms with van der Waals surface area (Å²) in [6.45, 7) is 5.85. The molecule has 5 aromatic carbocycles. The highest BCUT2D eigenvalue weighted by atomic mass is 31.2. The number of benzene rings is 5. The first-order valence-corrected chi connectivity index (χ1v) is 18.5. The minimum atomic E-state index is -0.772. The highest BCUT2D eigenvalue weighted by molar-refractivity contribution is 7.79. The van der Waals surface area contributed by atoms with Gasteiger partial charge < -0.3 is 0 Å². The fourth-order valence-corrected chi connectivity index (χ4v) is 13.3. The molecule has 1 unspecified atom stereocenters. The van der Waals surface area contributed by atoms with Crippen molar-refractivity contribution in [2.45, 2.75) is 38.3 Å². The molecule has 5 aromatic rings. The quantitative estimate of drug-likeness (QED) is 0.145. The Kier molecular flexibility index (Phi) is 10.0. The van der Waals surface area contributed by atoms with Gasteiger partial charge in [0.25, 0.3) is 0 Å². The van der Waals surface area contributed by atoms with Crippen LogP contribution in [-0.2, 0) is 0 Å². The fourth-order valence-electron chi connectivity index (χ4n) is 6.18. The third-order valence-electron chi connectivity index (χ3n) is 8.77. The van der Waals surface area contributed by atoms with E-state index in [9.17, 15) is 0 Å². The molecule has 0 aliphatic carbocycles. The molecule has 1 fully saturated rings. The largest absolute Gasteiger partial charge is 0.249 e. The van der Waals surface area contributed by atoms with Crippen LogP contribution < -0.4 is 10.6 Å². The molecule has 0 saturated carbocycles. The van der Waals surface area contributed by atoms with Crippen LogP contribution in [0.5, 0.6) is 0 Å². The standard InChI is InChI=1S/C39H43N3P2/c1-5-6-30-42(43-31(2)40(3)41(4)39(43)36-20-14-9-15-21-36)44(37-26-22-34(23-27-37)32-16-10-7-11-17-32)38-28-24-35(25-29-38)33-18-12-8-13-19-33/h7-29,31,39H,5-6,30H2,1-4H3/t31-,39-,43?/m1/s1. The van der Waals surface area contributed by atoms with E-state index in [2.05, 4.69) is 182 Å². The highest BCUT2D eigenvalue weighted by Crippen LogP contribution is 2.70. The van der Waals surface area contributed by atoms with Crippen LogP contribution in [0.4, 0.5) is 0 Å². The van der Waals surface area contributed by atoms with Gasteiger partial charge >= 0.3 is 0 Å². The smallest absolute Gasteiger partial charge is 0.0841 e. The van der Waals surface area contributed by atoms with Gasteiger partial charge in [0.15, 0.2) is 0 Å². The summed E-state index contributed by atoms with van der Waals surface area (Å²) < 4.78 is 2.95. The van der Waals surface area contributed by atoms with E-state index in [1.165, 1.54) is 51.3 Å². The topological polar surface area (TPSA) is 9.72 Å². The zero-order valence-electron chi connectivity index (χ0n) is 26.3.